The number of hydrogen-bond acceptors (Lipinski definition) is 5. The van der Waals surface area contributed by atoms with Gasteiger partial charge in [0.05, 0.1) is 29.7 Å². The summed E-state index contributed by atoms with van der Waals surface area (Å²) in [5.74, 6) is 0.462. The van der Waals surface area contributed by atoms with Gasteiger partial charge in [-0.25, -0.2) is 8.42 Å². The zero-order valence-electron chi connectivity index (χ0n) is 16.5. The summed E-state index contributed by atoms with van der Waals surface area (Å²) in [6.07, 6.45) is 1.43. The number of sulfone groups is 1. The number of aliphatic imine (C=N–C) groups is 1. The molecule has 0 amide bonds. The minimum atomic E-state index is -3.34. The molecule has 0 spiro atoms. The molecule has 1 heterocycles. The SMILES string of the molecule is CCNC(=NCCS(=O)(=O)c1ccccc1)N1CCC(C(=O)OCC)CC1.I. The largest absolute Gasteiger partial charge is 0.466 e. The third kappa shape index (κ3) is 7.23. The monoisotopic (exact) mass is 523 g/mol. The molecule has 1 N–H and O–H groups in total. The van der Waals surface area contributed by atoms with Crippen LogP contribution in [0.3, 0.4) is 0 Å². The van der Waals surface area contributed by atoms with Gasteiger partial charge in [-0.2, -0.15) is 0 Å². The van der Waals surface area contributed by atoms with Crippen LogP contribution in [0.2, 0.25) is 0 Å². The van der Waals surface area contributed by atoms with Crippen molar-refractivity contribution in [2.24, 2.45) is 10.9 Å². The summed E-state index contributed by atoms with van der Waals surface area (Å²) < 4.78 is 29.8. The van der Waals surface area contributed by atoms with Crippen LogP contribution in [-0.2, 0) is 19.4 Å². The second kappa shape index (κ2) is 12.3. The average Bonchev–Trinajstić information content (AvgIpc) is 2.68. The third-order valence-electron chi connectivity index (χ3n) is 4.47. The Morgan fingerprint density at radius 3 is 2.43 bits per heavy atom. The Kier molecular flexibility index (Phi) is 10.8. The molecule has 0 aromatic heterocycles. The van der Waals surface area contributed by atoms with Gasteiger partial charge in [-0.15, -0.1) is 24.0 Å². The quantitative estimate of drug-likeness (QED) is 0.256. The smallest absolute Gasteiger partial charge is 0.309 e. The van der Waals surface area contributed by atoms with Crippen LogP contribution in [0.25, 0.3) is 0 Å². The number of halogens is 1. The molecule has 0 aliphatic carbocycles. The lowest BCUT2D eigenvalue weighted by atomic mass is 9.97. The van der Waals surface area contributed by atoms with Crippen molar-refractivity contribution < 1.29 is 17.9 Å². The van der Waals surface area contributed by atoms with Crippen molar-refractivity contribution in [2.45, 2.75) is 31.6 Å². The van der Waals surface area contributed by atoms with Crippen LogP contribution in [0.4, 0.5) is 0 Å². The number of nitrogens with zero attached hydrogens (tertiary/aromatic N) is 2. The van der Waals surface area contributed by atoms with E-state index in [-0.39, 0.29) is 48.2 Å². The van der Waals surface area contributed by atoms with Crippen LogP contribution < -0.4 is 5.32 Å². The summed E-state index contributed by atoms with van der Waals surface area (Å²) in [7, 11) is -3.34. The number of rotatable bonds is 7. The van der Waals surface area contributed by atoms with Gasteiger partial charge in [-0.05, 0) is 38.8 Å². The van der Waals surface area contributed by atoms with Gasteiger partial charge in [-0.3, -0.25) is 9.79 Å². The molecule has 1 saturated heterocycles. The lowest BCUT2D eigenvalue weighted by Gasteiger charge is -2.33. The highest BCUT2D eigenvalue weighted by Gasteiger charge is 2.27. The maximum atomic E-state index is 12.4. The minimum absolute atomic E-state index is 0. The molecule has 9 heteroatoms. The summed E-state index contributed by atoms with van der Waals surface area (Å²) in [6, 6.07) is 8.43. The van der Waals surface area contributed by atoms with E-state index >= 15 is 0 Å². The Labute approximate surface area is 184 Å². The van der Waals surface area contributed by atoms with Crippen molar-refractivity contribution >= 4 is 45.7 Å². The van der Waals surface area contributed by atoms with Gasteiger partial charge in [0.15, 0.2) is 15.8 Å². The zero-order valence-corrected chi connectivity index (χ0v) is 19.6. The van der Waals surface area contributed by atoms with Crippen molar-refractivity contribution in [1.29, 1.82) is 0 Å². The van der Waals surface area contributed by atoms with E-state index in [0.717, 1.165) is 0 Å². The standard InChI is InChI=1S/C19H29N3O4S.HI/c1-3-20-19(22-13-10-16(11-14-22)18(23)26-4-2)21-12-15-27(24,25)17-8-6-5-7-9-17;/h5-9,16H,3-4,10-15H2,1-2H3,(H,20,21);1H. The summed E-state index contributed by atoms with van der Waals surface area (Å²) >= 11 is 0. The second-order valence-corrected chi connectivity index (χ2v) is 8.49. The van der Waals surface area contributed by atoms with Crippen molar-refractivity contribution in [3.63, 3.8) is 0 Å². The predicted molar refractivity (Wildman–Crippen MR) is 121 cm³/mol. The summed E-state index contributed by atoms with van der Waals surface area (Å²) in [6.45, 7) is 6.47. The maximum Gasteiger partial charge on any atom is 0.309 e. The van der Waals surface area contributed by atoms with E-state index in [0.29, 0.717) is 49.9 Å². The molecular formula is C19H30IN3O4S. The first kappa shape index (κ1) is 24.7. The number of esters is 1. The third-order valence-corrected chi connectivity index (χ3v) is 6.18. The van der Waals surface area contributed by atoms with Gasteiger partial charge in [0.25, 0.3) is 0 Å². The molecule has 1 aliphatic rings. The summed E-state index contributed by atoms with van der Waals surface area (Å²) in [5.41, 5.74) is 0. The molecule has 28 heavy (non-hydrogen) atoms. The summed E-state index contributed by atoms with van der Waals surface area (Å²) in [4.78, 5) is 18.8. The number of hydrogen-bond donors (Lipinski definition) is 1. The van der Waals surface area contributed by atoms with Crippen molar-refractivity contribution in [1.82, 2.24) is 10.2 Å². The minimum Gasteiger partial charge on any atom is -0.466 e. The molecule has 0 unspecified atom stereocenters. The fourth-order valence-electron chi connectivity index (χ4n) is 3.03. The van der Waals surface area contributed by atoms with E-state index in [9.17, 15) is 13.2 Å². The van der Waals surface area contributed by atoms with Gasteiger partial charge < -0.3 is 15.0 Å². The lowest BCUT2D eigenvalue weighted by molar-refractivity contribution is -0.149. The Morgan fingerprint density at radius 1 is 1.21 bits per heavy atom. The molecule has 7 nitrogen and oxygen atoms in total. The molecule has 0 radical (unpaired) electrons. The van der Waals surface area contributed by atoms with Gasteiger partial charge in [0.2, 0.25) is 0 Å². The summed E-state index contributed by atoms with van der Waals surface area (Å²) in [5, 5.41) is 3.21. The first-order chi connectivity index (χ1) is 13.0. The Hall–Kier alpha value is -1.36. The second-order valence-electron chi connectivity index (χ2n) is 6.38. The number of likely N-dealkylation sites (tertiary alicyclic amines) is 1. The van der Waals surface area contributed by atoms with Gasteiger partial charge in [0.1, 0.15) is 0 Å². The molecular weight excluding hydrogens is 493 g/mol. The van der Waals surface area contributed by atoms with Crippen LogP contribution in [-0.4, -0.2) is 63.8 Å². The topological polar surface area (TPSA) is 88.1 Å². The predicted octanol–water partition coefficient (Wildman–Crippen LogP) is 2.32. The van der Waals surface area contributed by atoms with Gasteiger partial charge in [-0.1, -0.05) is 18.2 Å². The highest BCUT2D eigenvalue weighted by atomic mass is 127. The Morgan fingerprint density at radius 2 is 1.86 bits per heavy atom. The van der Waals surface area contributed by atoms with E-state index < -0.39 is 9.84 Å². The molecule has 1 aliphatic heterocycles. The van der Waals surface area contributed by atoms with E-state index in [1.807, 2.05) is 13.8 Å². The molecule has 0 saturated carbocycles. The highest BCUT2D eigenvalue weighted by Crippen LogP contribution is 2.19. The van der Waals surface area contributed by atoms with Gasteiger partial charge in [0, 0.05) is 19.6 Å². The molecule has 1 aromatic carbocycles. The van der Waals surface area contributed by atoms with Crippen molar-refractivity contribution in [2.75, 3.05) is 38.5 Å². The Balaban J connectivity index is 0.00000392. The van der Waals surface area contributed by atoms with Crippen molar-refractivity contribution in [3.8, 4) is 0 Å². The molecule has 0 bridgehead atoms. The number of benzene rings is 1. The van der Waals surface area contributed by atoms with Gasteiger partial charge >= 0.3 is 5.97 Å². The zero-order chi connectivity index (χ0) is 19.7. The maximum absolute atomic E-state index is 12.4. The van der Waals surface area contributed by atoms with Crippen LogP contribution in [0.5, 0.6) is 0 Å². The van der Waals surface area contributed by atoms with Crippen molar-refractivity contribution in [3.05, 3.63) is 30.3 Å². The van der Waals surface area contributed by atoms with Crippen LogP contribution >= 0.6 is 24.0 Å². The van der Waals surface area contributed by atoms with Crippen LogP contribution in [0.15, 0.2) is 40.2 Å². The number of ether oxygens (including phenoxy) is 1. The normalized spacial score (nSPS) is 15.6. The number of nitrogens with one attached hydrogen (secondary N) is 1. The Bertz CT molecular complexity index is 733. The lowest BCUT2D eigenvalue weighted by Crippen LogP contribution is -2.47. The molecule has 0 atom stereocenters. The number of carbonyl (C=O) groups excluding carboxylic acids is 1. The number of carbonyl (C=O) groups is 1. The molecule has 2 rings (SSSR count). The van der Waals surface area contributed by atoms with Crippen LogP contribution in [0.1, 0.15) is 26.7 Å². The molecule has 1 fully saturated rings. The number of guanidine groups is 1. The van der Waals surface area contributed by atoms with E-state index in [1.165, 1.54) is 0 Å². The average molecular weight is 523 g/mol. The molecule has 1 aromatic rings. The van der Waals surface area contributed by atoms with E-state index in [1.54, 1.807) is 30.3 Å². The fourth-order valence-corrected chi connectivity index (χ4v) is 4.17. The first-order valence-electron chi connectivity index (χ1n) is 9.45. The molecule has 158 valence electrons. The van der Waals surface area contributed by atoms with Crippen LogP contribution in [0, 0.1) is 5.92 Å². The first-order valence-corrected chi connectivity index (χ1v) is 11.1. The highest BCUT2D eigenvalue weighted by molar-refractivity contribution is 14.0. The van der Waals surface area contributed by atoms with E-state index in [4.69, 9.17) is 4.74 Å². The number of piperidine rings is 1. The van der Waals surface area contributed by atoms with E-state index in [2.05, 4.69) is 15.2 Å². The fraction of sp³-hybridized carbons (Fsp3) is 0.579.